The molecule has 3 amide bonds. The van der Waals surface area contributed by atoms with E-state index in [1.54, 1.807) is 19.2 Å². The van der Waals surface area contributed by atoms with Crippen molar-refractivity contribution in [2.45, 2.75) is 64.6 Å². The van der Waals surface area contributed by atoms with E-state index in [9.17, 15) is 19.6 Å². The first-order valence-corrected chi connectivity index (χ1v) is 12.8. The largest absolute Gasteiger partial charge is 0.493 e. The molecule has 198 valence electrons. The van der Waals surface area contributed by atoms with E-state index in [0.717, 1.165) is 36.8 Å². The number of carbonyl (C=O) groups is 3. The summed E-state index contributed by atoms with van der Waals surface area (Å²) in [6.07, 6.45) is 4.63. The van der Waals surface area contributed by atoms with E-state index in [4.69, 9.17) is 9.47 Å². The average molecular weight is 503 g/mol. The third-order valence-corrected chi connectivity index (χ3v) is 7.87. The number of amides is 3. The number of hydrogen-bond donors (Lipinski definition) is 1. The summed E-state index contributed by atoms with van der Waals surface area (Å²) in [4.78, 5) is 40.0. The van der Waals surface area contributed by atoms with Crippen LogP contribution in [-0.2, 0) is 27.3 Å². The van der Waals surface area contributed by atoms with E-state index < -0.39 is 5.92 Å². The monoisotopic (exact) mass is 502 g/mol. The van der Waals surface area contributed by atoms with Gasteiger partial charge in [-0.25, -0.2) is 10.1 Å². The highest BCUT2D eigenvalue weighted by Gasteiger charge is 2.47. The second-order valence-electron chi connectivity index (χ2n) is 10.3. The number of piperidine rings is 1. The fraction of sp³-hybridized carbons (Fsp3) is 0.654. The van der Waals surface area contributed by atoms with Gasteiger partial charge in [-0.1, -0.05) is 6.42 Å². The summed E-state index contributed by atoms with van der Waals surface area (Å²) in [5, 5.41) is 14.0. The lowest BCUT2D eigenvalue weighted by atomic mass is 9.85. The lowest BCUT2D eigenvalue weighted by Gasteiger charge is -2.48. The first-order chi connectivity index (χ1) is 17.3. The van der Waals surface area contributed by atoms with E-state index in [1.165, 1.54) is 0 Å². The van der Waals surface area contributed by atoms with Crippen LogP contribution in [0, 0.1) is 11.8 Å². The number of carbonyl (C=O) groups excluding carboxylic acids is 3. The standard InChI is InChI=1S/C26H38N4O6/c1-17(2)29(30-22-7-5-6-19(22)10-21(26(30)33)14-28(34)16-31)15-25(32)27-9-8-18-11-23(35-3)24(36-4)12-20(18)13-27/h11-12,16-17,19,21-22,34H,5-10,13-15H2,1-4H3/t19?,21-,22?/m1/s1. The van der Waals surface area contributed by atoms with Crippen LogP contribution in [0.3, 0.4) is 0 Å². The van der Waals surface area contributed by atoms with Crippen LogP contribution in [0.5, 0.6) is 11.5 Å². The number of ether oxygens (including phenoxy) is 2. The fourth-order valence-electron chi connectivity index (χ4n) is 6.01. The van der Waals surface area contributed by atoms with Crippen molar-refractivity contribution < 1.29 is 29.1 Å². The molecule has 10 heteroatoms. The molecule has 1 N–H and O–H groups in total. The van der Waals surface area contributed by atoms with Gasteiger partial charge >= 0.3 is 0 Å². The molecule has 2 heterocycles. The summed E-state index contributed by atoms with van der Waals surface area (Å²) in [5.41, 5.74) is 2.18. The summed E-state index contributed by atoms with van der Waals surface area (Å²) in [7, 11) is 3.21. The average Bonchev–Trinajstić information content (AvgIpc) is 3.34. The Hall–Kier alpha value is -2.85. The first kappa shape index (κ1) is 26.2. The maximum absolute atomic E-state index is 13.6. The van der Waals surface area contributed by atoms with Crippen molar-refractivity contribution in [2.24, 2.45) is 11.8 Å². The SMILES string of the molecule is COc1cc2c(cc1OC)CN(C(=O)CN(C(C)C)N1C(=O)[C@@H](CN(O)C=O)CC3CCCC31)CC2. The van der Waals surface area contributed by atoms with Crippen LogP contribution >= 0.6 is 0 Å². The van der Waals surface area contributed by atoms with Gasteiger partial charge in [0.25, 0.3) is 0 Å². The summed E-state index contributed by atoms with van der Waals surface area (Å²) in [6, 6.07) is 3.89. The molecule has 2 fully saturated rings. The first-order valence-electron chi connectivity index (χ1n) is 12.8. The quantitative estimate of drug-likeness (QED) is 0.313. The van der Waals surface area contributed by atoms with Gasteiger partial charge in [-0.2, -0.15) is 0 Å². The fourth-order valence-corrected chi connectivity index (χ4v) is 6.01. The molecule has 0 aromatic heterocycles. The Balaban J connectivity index is 1.52. The highest BCUT2D eigenvalue weighted by Crippen LogP contribution is 2.41. The number of rotatable bonds is 9. The molecule has 3 aliphatic rings. The molecule has 36 heavy (non-hydrogen) atoms. The topological polar surface area (TPSA) is 103 Å². The van der Waals surface area contributed by atoms with Crippen LogP contribution in [0.15, 0.2) is 12.1 Å². The molecule has 0 radical (unpaired) electrons. The molecule has 0 bridgehead atoms. The summed E-state index contributed by atoms with van der Waals surface area (Å²) in [6.45, 7) is 5.10. The van der Waals surface area contributed by atoms with Crippen LogP contribution in [0.25, 0.3) is 0 Å². The molecule has 1 aliphatic carbocycles. The lowest BCUT2D eigenvalue weighted by molar-refractivity contribution is -0.184. The minimum Gasteiger partial charge on any atom is -0.493 e. The zero-order valence-electron chi connectivity index (χ0n) is 21.7. The Labute approximate surface area is 212 Å². The predicted molar refractivity (Wildman–Crippen MR) is 131 cm³/mol. The highest BCUT2D eigenvalue weighted by molar-refractivity contribution is 5.82. The van der Waals surface area contributed by atoms with Crippen molar-refractivity contribution in [1.29, 1.82) is 0 Å². The molecule has 1 saturated carbocycles. The molecule has 10 nitrogen and oxygen atoms in total. The van der Waals surface area contributed by atoms with Gasteiger partial charge in [0, 0.05) is 19.1 Å². The summed E-state index contributed by atoms with van der Waals surface area (Å²) in [5.74, 6) is 0.974. The molecule has 3 atom stereocenters. The molecule has 1 aromatic carbocycles. The predicted octanol–water partition coefficient (Wildman–Crippen LogP) is 2.08. The zero-order valence-corrected chi connectivity index (χ0v) is 21.7. The van der Waals surface area contributed by atoms with Gasteiger partial charge in [-0.15, -0.1) is 0 Å². The molecule has 4 rings (SSSR count). The van der Waals surface area contributed by atoms with E-state index in [2.05, 4.69) is 0 Å². The number of hydroxylamine groups is 2. The maximum atomic E-state index is 13.6. The Kier molecular flexibility index (Phi) is 8.04. The van der Waals surface area contributed by atoms with Crippen LogP contribution in [0.2, 0.25) is 0 Å². The molecule has 1 saturated heterocycles. The molecular weight excluding hydrogens is 464 g/mol. The van der Waals surface area contributed by atoms with Crippen LogP contribution < -0.4 is 9.47 Å². The normalized spacial score (nSPS) is 23.5. The number of hydrazine groups is 1. The third kappa shape index (κ3) is 5.15. The Morgan fingerprint density at radius 3 is 2.53 bits per heavy atom. The van der Waals surface area contributed by atoms with Crippen molar-refractivity contribution in [3.8, 4) is 11.5 Å². The highest BCUT2D eigenvalue weighted by atomic mass is 16.5. The van der Waals surface area contributed by atoms with Crippen molar-refractivity contribution in [3.05, 3.63) is 23.3 Å². The van der Waals surface area contributed by atoms with Crippen molar-refractivity contribution in [2.75, 3.05) is 33.9 Å². The van der Waals surface area contributed by atoms with E-state index in [1.807, 2.05) is 35.9 Å². The Morgan fingerprint density at radius 1 is 1.19 bits per heavy atom. The minimum atomic E-state index is -0.486. The molecule has 2 unspecified atom stereocenters. The summed E-state index contributed by atoms with van der Waals surface area (Å²) < 4.78 is 10.9. The molecule has 2 aliphatic heterocycles. The van der Waals surface area contributed by atoms with Gasteiger partial charge in [-0.3, -0.25) is 24.6 Å². The number of hydrogen-bond acceptors (Lipinski definition) is 7. The Morgan fingerprint density at radius 2 is 1.89 bits per heavy atom. The number of nitrogens with zero attached hydrogens (tertiary/aromatic N) is 4. The van der Waals surface area contributed by atoms with Crippen molar-refractivity contribution in [3.63, 3.8) is 0 Å². The number of benzene rings is 1. The second-order valence-corrected chi connectivity index (χ2v) is 10.3. The third-order valence-electron chi connectivity index (χ3n) is 7.87. The summed E-state index contributed by atoms with van der Waals surface area (Å²) >= 11 is 0. The van der Waals surface area contributed by atoms with E-state index in [0.29, 0.717) is 48.4 Å². The number of methoxy groups -OCH3 is 2. The van der Waals surface area contributed by atoms with Gasteiger partial charge in [0.15, 0.2) is 11.5 Å². The second kappa shape index (κ2) is 11.0. The van der Waals surface area contributed by atoms with Gasteiger partial charge in [-0.05, 0) is 68.7 Å². The molecule has 1 aromatic rings. The zero-order chi connectivity index (χ0) is 26.0. The lowest BCUT2D eigenvalue weighted by Crippen LogP contribution is -2.63. The van der Waals surface area contributed by atoms with E-state index >= 15 is 0 Å². The molecular formula is C26H38N4O6. The van der Waals surface area contributed by atoms with Gasteiger partial charge in [0.2, 0.25) is 18.2 Å². The van der Waals surface area contributed by atoms with E-state index in [-0.39, 0.29) is 37.0 Å². The van der Waals surface area contributed by atoms with Gasteiger partial charge in [0.05, 0.1) is 39.3 Å². The smallest absolute Gasteiger partial charge is 0.242 e. The van der Waals surface area contributed by atoms with Crippen LogP contribution in [-0.4, -0.2) is 89.4 Å². The van der Waals surface area contributed by atoms with Crippen molar-refractivity contribution in [1.82, 2.24) is 20.0 Å². The van der Waals surface area contributed by atoms with Gasteiger partial charge < -0.3 is 14.4 Å². The van der Waals surface area contributed by atoms with Crippen molar-refractivity contribution >= 4 is 18.2 Å². The Bertz CT molecular complexity index is 985. The van der Waals surface area contributed by atoms with Crippen LogP contribution in [0.4, 0.5) is 0 Å². The van der Waals surface area contributed by atoms with Crippen LogP contribution in [0.1, 0.15) is 50.7 Å². The molecule has 0 spiro atoms. The minimum absolute atomic E-state index is 0.0316. The van der Waals surface area contributed by atoms with Gasteiger partial charge in [0.1, 0.15) is 0 Å². The number of fused-ring (bicyclic) bond motifs is 2. The maximum Gasteiger partial charge on any atom is 0.242 e.